The molecular weight excluding hydrogens is 362 g/mol. The third-order valence-electron chi connectivity index (χ3n) is 3.63. The van der Waals surface area contributed by atoms with Gasteiger partial charge in [-0.1, -0.05) is 6.92 Å². The molecule has 0 aliphatic heterocycles. The molecule has 0 atom stereocenters. The highest BCUT2D eigenvalue weighted by atomic mass is 32.2. The largest absolute Gasteiger partial charge is 0.444 e. The van der Waals surface area contributed by atoms with Crippen molar-refractivity contribution in [3.8, 4) is 0 Å². The minimum Gasteiger partial charge on any atom is -0.444 e. The van der Waals surface area contributed by atoms with E-state index in [4.69, 9.17) is 4.74 Å². The van der Waals surface area contributed by atoms with Crippen LogP contribution < -0.4 is 5.32 Å². The molecule has 3 rings (SSSR count). The molecule has 0 radical (unpaired) electrons. The second-order valence-corrected chi connectivity index (χ2v) is 10.3. The Morgan fingerprint density at radius 1 is 1.36 bits per heavy atom. The summed E-state index contributed by atoms with van der Waals surface area (Å²) in [5, 5.41) is 3.44. The van der Waals surface area contributed by atoms with Crippen molar-refractivity contribution in [2.24, 2.45) is 0 Å². The molecule has 1 aliphatic rings. The van der Waals surface area contributed by atoms with Crippen LogP contribution in [0.15, 0.2) is 11.0 Å². The van der Waals surface area contributed by atoms with Gasteiger partial charge >= 0.3 is 6.09 Å². The molecule has 7 nitrogen and oxygen atoms in total. The molecule has 0 unspecified atom stereocenters. The van der Waals surface area contributed by atoms with Gasteiger partial charge in [-0.15, -0.1) is 11.3 Å². The van der Waals surface area contributed by atoms with E-state index < -0.39 is 21.5 Å². The number of anilines is 1. The Hall–Kier alpha value is -1.74. The standard InChI is InChI=1S/C16H21N3O4S2/c1-5-25(21,22)11-8-10-12(18-14(24-10)9-6-7-9)17-13(11)19-15(20)23-16(2,3)4/h8-9H,5-7H2,1-4H3,(H,17,19,20). The molecule has 1 amide bonds. The number of nitrogens with zero attached hydrogens (tertiary/aromatic N) is 2. The van der Waals surface area contributed by atoms with Crippen LogP contribution >= 0.6 is 11.3 Å². The number of carbonyl (C=O) groups excluding carboxylic acids is 1. The summed E-state index contributed by atoms with van der Waals surface area (Å²) in [6, 6.07) is 1.55. The number of fused-ring (bicyclic) bond motifs is 1. The summed E-state index contributed by atoms with van der Waals surface area (Å²) in [7, 11) is -3.56. The van der Waals surface area contributed by atoms with Gasteiger partial charge in [-0.3, -0.25) is 5.32 Å². The fourth-order valence-electron chi connectivity index (χ4n) is 2.25. The van der Waals surface area contributed by atoms with E-state index in [1.165, 1.54) is 11.3 Å². The number of nitrogens with one attached hydrogen (secondary N) is 1. The topological polar surface area (TPSA) is 98.3 Å². The number of sulfone groups is 1. The highest BCUT2D eigenvalue weighted by Crippen LogP contribution is 2.43. The summed E-state index contributed by atoms with van der Waals surface area (Å²) < 4.78 is 30.8. The number of amides is 1. The lowest BCUT2D eigenvalue weighted by Gasteiger charge is -2.20. The second kappa shape index (κ2) is 6.21. The number of aromatic nitrogens is 2. The lowest BCUT2D eigenvalue weighted by atomic mass is 10.2. The summed E-state index contributed by atoms with van der Waals surface area (Å²) in [6.07, 6.45) is 1.45. The maximum absolute atomic E-state index is 12.4. The van der Waals surface area contributed by atoms with Crippen LogP contribution in [0.2, 0.25) is 0 Å². The van der Waals surface area contributed by atoms with Gasteiger partial charge in [-0.05, 0) is 39.7 Å². The number of carbonyl (C=O) groups is 1. The van der Waals surface area contributed by atoms with E-state index >= 15 is 0 Å². The van der Waals surface area contributed by atoms with E-state index in [1.807, 2.05) is 0 Å². The van der Waals surface area contributed by atoms with Crippen LogP contribution in [-0.4, -0.2) is 35.8 Å². The second-order valence-electron chi connectivity index (χ2n) is 7.01. The molecular formula is C16H21N3O4S2. The zero-order valence-corrected chi connectivity index (χ0v) is 16.3. The van der Waals surface area contributed by atoms with Gasteiger partial charge in [-0.2, -0.15) is 0 Å². The van der Waals surface area contributed by atoms with Gasteiger partial charge in [0.25, 0.3) is 0 Å². The van der Waals surface area contributed by atoms with E-state index in [9.17, 15) is 13.2 Å². The van der Waals surface area contributed by atoms with Crippen molar-refractivity contribution in [3.05, 3.63) is 11.1 Å². The van der Waals surface area contributed by atoms with Crippen LogP contribution in [0.25, 0.3) is 10.3 Å². The minimum absolute atomic E-state index is 0.000596. The summed E-state index contributed by atoms with van der Waals surface area (Å²) in [5.74, 6) is 0.334. The zero-order chi connectivity index (χ0) is 18.4. The van der Waals surface area contributed by atoms with Gasteiger partial charge in [0.05, 0.1) is 15.5 Å². The zero-order valence-electron chi connectivity index (χ0n) is 14.6. The smallest absolute Gasteiger partial charge is 0.413 e. The summed E-state index contributed by atoms with van der Waals surface area (Å²) in [5.41, 5.74) is -0.245. The van der Waals surface area contributed by atoms with Crippen LogP contribution in [0.3, 0.4) is 0 Å². The quantitative estimate of drug-likeness (QED) is 0.864. The maximum atomic E-state index is 12.4. The Balaban J connectivity index is 2.04. The van der Waals surface area contributed by atoms with Crippen molar-refractivity contribution >= 4 is 43.4 Å². The fourth-order valence-corrected chi connectivity index (χ4v) is 4.44. The van der Waals surface area contributed by atoms with Gasteiger partial charge in [0.1, 0.15) is 10.5 Å². The molecule has 9 heteroatoms. The molecule has 1 fully saturated rings. The highest BCUT2D eigenvalue weighted by molar-refractivity contribution is 7.91. The number of hydrogen-bond donors (Lipinski definition) is 1. The summed E-state index contributed by atoms with van der Waals surface area (Å²) >= 11 is 1.46. The van der Waals surface area contributed by atoms with E-state index in [1.54, 1.807) is 33.8 Å². The molecule has 2 aromatic heterocycles. The summed E-state index contributed by atoms with van der Waals surface area (Å²) in [4.78, 5) is 20.9. The monoisotopic (exact) mass is 383 g/mol. The van der Waals surface area contributed by atoms with Gasteiger partial charge in [-0.25, -0.2) is 23.2 Å². The van der Waals surface area contributed by atoms with Gasteiger partial charge in [0.2, 0.25) is 0 Å². The third-order valence-corrected chi connectivity index (χ3v) is 6.52. The SMILES string of the molecule is CCS(=O)(=O)c1cc2sc(C3CC3)nc2nc1NC(=O)OC(C)(C)C. The average Bonchev–Trinajstić information content (AvgIpc) is 3.25. The summed E-state index contributed by atoms with van der Waals surface area (Å²) in [6.45, 7) is 6.75. The maximum Gasteiger partial charge on any atom is 0.413 e. The van der Waals surface area contributed by atoms with Crippen molar-refractivity contribution in [3.63, 3.8) is 0 Å². The predicted molar refractivity (Wildman–Crippen MR) is 97.0 cm³/mol. The number of pyridine rings is 1. The first-order valence-electron chi connectivity index (χ1n) is 8.13. The Labute approximate surface area is 150 Å². The van der Waals surface area contributed by atoms with Crippen LogP contribution in [-0.2, 0) is 14.6 Å². The molecule has 1 N–H and O–H groups in total. The fraction of sp³-hybridized carbons (Fsp3) is 0.562. The average molecular weight is 383 g/mol. The first-order chi connectivity index (χ1) is 11.6. The molecule has 136 valence electrons. The Morgan fingerprint density at radius 2 is 2.04 bits per heavy atom. The Morgan fingerprint density at radius 3 is 2.60 bits per heavy atom. The molecule has 0 aromatic carbocycles. The predicted octanol–water partition coefficient (Wildman–Crippen LogP) is 3.71. The number of thiazole rings is 1. The molecule has 0 bridgehead atoms. The first kappa shape index (κ1) is 18.1. The number of hydrogen-bond acceptors (Lipinski definition) is 7. The van der Waals surface area contributed by atoms with Gasteiger partial charge in [0.15, 0.2) is 21.3 Å². The number of ether oxygens (including phenoxy) is 1. The highest BCUT2D eigenvalue weighted by Gasteiger charge is 2.29. The van der Waals surface area contributed by atoms with Crippen molar-refractivity contribution < 1.29 is 17.9 Å². The van der Waals surface area contributed by atoms with Gasteiger partial charge < -0.3 is 4.74 Å². The molecule has 1 saturated carbocycles. The molecule has 0 spiro atoms. The molecule has 1 aliphatic carbocycles. The van der Waals surface area contributed by atoms with Crippen molar-refractivity contribution in [1.29, 1.82) is 0 Å². The normalized spacial score (nSPS) is 15.4. The lowest BCUT2D eigenvalue weighted by Crippen LogP contribution is -2.28. The van der Waals surface area contributed by atoms with Crippen LogP contribution in [0.4, 0.5) is 10.6 Å². The Bertz CT molecular complexity index is 925. The van der Waals surface area contributed by atoms with E-state index in [0.29, 0.717) is 16.3 Å². The van der Waals surface area contributed by atoms with Crippen LogP contribution in [0.5, 0.6) is 0 Å². The molecule has 2 heterocycles. The van der Waals surface area contributed by atoms with Crippen molar-refractivity contribution in [2.45, 2.75) is 57.0 Å². The Kier molecular flexibility index (Phi) is 4.48. The lowest BCUT2D eigenvalue weighted by molar-refractivity contribution is 0.0635. The third kappa shape index (κ3) is 4.09. The minimum atomic E-state index is -3.56. The van der Waals surface area contributed by atoms with E-state index in [0.717, 1.165) is 17.8 Å². The van der Waals surface area contributed by atoms with Crippen LogP contribution in [0.1, 0.15) is 51.5 Å². The molecule has 2 aromatic rings. The van der Waals surface area contributed by atoms with Crippen molar-refractivity contribution in [2.75, 3.05) is 11.1 Å². The molecule has 25 heavy (non-hydrogen) atoms. The van der Waals surface area contributed by atoms with Crippen LogP contribution in [0, 0.1) is 0 Å². The van der Waals surface area contributed by atoms with E-state index in [-0.39, 0.29) is 16.5 Å². The van der Waals surface area contributed by atoms with Crippen molar-refractivity contribution in [1.82, 2.24) is 9.97 Å². The van der Waals surface area contributed by atoms with Gasteiger partial charge in [0, 0.05) is 5.92 Å². The first-order valence-corrected chi connectivity index (χ1v) is 10.6. The number of rotatable bonds is 4. The van der Waals surface area contributed by atoms with E-state index in [2.05, 4.69) is 15.3 Å². The molecule has 0 saturated heterocycles.